The van der Waals surface area contributed by atoms with Crippen LogP contribution in [-0.4, -0.2) is 101 Å². The summed E-state index contributed by atoms with van der Waals surface area (Å²) < 4.78 is 6.64. The van der Waals surface area contributed by atoms with E-state index in [9.17, 15) is 14.4 Å². The van der Waals surface area contributed by atoms with Crippen LogP contribution in [0.25, 0.3) is 0 Å². The van der Waals surface area contributed by atoms with Crippen molar-refractivity contribution in [2.24, 2.45) is 5.73 Å². The fourth-order valence-corrected chi connectivity index (χ4v) is 6.25. The Bertz CT molecular complexity index is 2060. The first-order valence-corrected chi connectivity index (χ1v) is 20.5. The van der Waals surface area contributed by atoms with E-state index in [2.05, 4.69) is 83.7 Å². The van der Waals surface area contributed by atoms with Crippen molar-refractivity contribution in [3.63, 3.8) is 0 Å². The van der Waals surface area contributed by atoms with E-state index in [-0.39, 0.29) is 29.2 Å². The molecule has 19 heteroatoms. The van der Waals surface area contributed by atoms with Gasteiger partial charge in [0.2, 0.25) is 11.2 Å². The average molecular weight is 947 g/mol. The molecule has 2 atom stereocenters. The number of hydrogen-bond acceptors (Lipinski definition) is 13. The molecule has 4 aromatic rings. The number of rotatable bonds is 8. The Morgan fingerprint density at radius 2 is 1.43 bits per heavy atom. The maximum Gasteiger partial charge on any atom is 0.410 e. The first kappa shape index (κ1) is 46.1. The minimum Gasteiger partial charge on any atom is -0.444 e. The lowest BCUT2D eigenvalue weighted by Crippen LogP contribution is -2.36. The van der Waals surface area contributed by atoms with E-state index < -0.39 is 5.60 Å². The maximum absolute atomic E-state index is 11.9. The zero-order chi connectivity index (χ0) is 42.6. The van der Waals surface area contributed by atoms with Crippen LogP contribution in [-0.2, 0) is 4.74 Å². The van der Waals surface area contributed by atoms with Gasteiger partial charge in [0, 0.05) is 80.7 Å². The van der Waals surface area contributed by atoms with Gasteiger partial charge in [-0.3, -0.25) is 9.59 Å². The molecule has 2 aliphatic heterocycles. The molecule has 2 saturated heterocycles. The van der Waals surface area contributed by atoms with E-state index in [0.717, 1.165) is 59.5 Å². The summed E-state index contributed by atoms with van der Waals surface area (Å²) in [5.74, 6) is 1.51. The third-order valence-electron chi connectivity index (χ3n) is 8.69. The molecule has 16 nitrogen and oxygen atoms in total. The quantitative estimate of drug-likeness (QED) is 0.0920. The molecule has 2 aromatic carbocycles. The van der Waals surface area contributed by atoms with Gasteiger partial charge in [-0.15, -0.1) is 0 Å². The fourth-order valence-electron chi connectivity index (χ4n) is 5.54. The lowest BCUT2D eigenvalue weighted by atomic mass is 10.1. The number of hydrogen-bond donors (Lipinski definition) is 7. The lowest BCUT2D eigenvalue weighted by Gasteiger charge is -2.24. The first-order chi connectivity index (χ1) is 27.5. The van der Waals surface area contributed by atoms with Crippen LogP contribution in [0.5, 0.6) is 0 Å². The number of nitrogens with zero attached hydrogens (tertiary/aromatic N) is 5. The molecule has 0 aliphatic carbocycles. The van der Waals surface area contributed by atoms with Gasteiger partial charge in [-0.05, 0) is 133 Å². The standard InChI is InChI=1S/C17H21BrN6O.C13H12BrClN4O.C9H18N2O2/c1-10-3-4-11(16(25)19-2)7-14(10)23-15-13(18)9-21-17(24-15)22-12-5-6-20-8-12;1-7-3-4-8(12(20)16-2)5-10(7)18-11-9(14)6-17-13(15)19-11;1-9(2,3)13-8(12)11-5-4-7(10)6-11/h3-4,7,9,12,20H,5-6,8H2,1-2H3,(H,19,25)(H2,21,22,23,24);3-6H,1-2H3,(H,16,20)(H,17,18,19);7H,4-6,10H2,1-3H3/t12-;;7-/m1.1/s1. The summed E-state index contributed by atoms with van der Waals surface area (Å²) in [6, 6.07) is 11.4. The van der Waals surface area contributed by atoms with Gasteiger partial charge < -0.3 is 47.3 Å². The summed E-state index contributed by atoms with van der Waals surface area (Å²) in [4.78, 5) is 53.5. The Balaban J connectivity index is 0.000000202. The number of anilines is 5. The van der Waals surface area contributed by atoms with Gasteiger partial charge in [-0.1, -0.05) is 12.1 Å². The molecule has 0 saturated carbocycles. The normalized spacial score (nSPS) is 15.9. The van der Waals surface area contributed by atoms with Crippen molar-refractivity contribution in [3.8, 4) is 0 Å². The largest absolute Gasteiger partial charge is 0.444 e. The summed E-state index contributed by atoms with van der Waals surface area (Å²) >= 11 is 12.6. The van der Waals surface area contributed by atoms with Gasteiger partial charge in [0.1, 0.15) is 17.2 Å². The highest BCUT2D eigenvalue weighted by Gasteiger charge is 2.27. The molecular formula is C39H51Br2ClN12O4. The second-order valence-corrected chi connectivity index (χ2v) is 16.5. The van der Waals surface area contributed by atoms with Gasteiger partial charge in [-0.25, -0.2) is 14.8 Å². The second kappa shape index (κ2) is 21.4. The fraction of sp³-hybridized carbons (Fsp3) is 0.410. The first-order valence-electron chi connectivity index (χ1n) is 18.6. The number of aryl methyl sites for hydroxylation is 2. The van der Waals surface area contributed by atoms with Gasteiger partial charge in [0.15, 0.2) is 0 Å². The number of aromatic nitrogens is 4. The summed E-state index contributed by atoms with van der Waals surface area (Å²) in [5.41, 5.74) is 10.0. The van der Waals surface area contributed by atoms with Crippen LogP contribution in [0.3, 0.4) is 0 Å². The zero-order valence-electron chi connectivity index (χ0n) is 33.6. The van der Waals surface area contributed by atoms with Crippen molar-refractivity contribution in [2.75, 3.05) is 56.2 Å². The molecular weight excluding hydrogens is 896 g/mol. The Labute approximate surface area is 360 Å². The van der Waals surface area contributed by atoms with Crippen LogP contribution in [0.1, 0.15) is 65.5 Å². The molecule has 0 radical (unpaired) electrons. The van der Waals surface area contributed by atoms with Gasteiger partial charge in [0.25, 0.3) is 11.8 Å². The molecule has 3 amide bonds. The van der Waals surface area contributed by atoms with Crippen LogP contribution in [0.4, 0.5) is 33.8 Å². The number of likely N-dealkylation sites (tertiary alicyclic amines) is 1. The smallest absolute Gasteiger partial charge is 0.410 e. The monoisotopic (exact) mass is 944 g/mol. The molecule has 8 N–H and O–H groups in total. The Morgan fingerprint density at radius 3 is 1.91 bits per heavy atom. The highest BCUT2D eigenvalue weighted by atomic mass is 79.9. The highest BCUT2D eigenvalue weighted by Crippen LogP contribution is 2.28. The number of halogens is 3. The number of carbonyl (C=O) groups excluding carboxylic acids is 3. The molecule has 6 rings (SSSR count). The number of ether oxygens (including phenoxy) is 1. The van der Waals surface area contributed by atoms with Crippen LogP contribution in [0.15, 0.2) is 57.7 Å². The van der Waals surface area contributed by atoms with Crippen molar-refractivity contribution in [2.45, 2.75) is 65.1 Å². The van der Waals surface area contributed by atoms with Crippen LogP contribution in [0, 0.1) is 13.8 Å². The Morgan fingerprint density at radius 1 is 0.879 bits per heavy atom. The molecule has 2 fully saturated rings. The van der Waals surface area contributed by atoms with E-state index in [1.165, 1.54) is 0 Å². The Kier molecular flexibility index (Phi) is 17.0. The van der Waals surface area contributed by atoms with E-state index in [4.69, 9.17) is 22.1 Å². The summed E-state index contributed by atoms with van der Waals surface area (Å²) in [5, 5.41) is 18.4. The molecule has 58 heavy (non-hydrogen) atoms. The minimum atomic E-state index is -0.413. The minimum absolute atomic E-state index is 0.118. The SMILES string of the molecule is CC(C)(C)OC(=O)N1CC[C@@H](N)C1.CNC(=O)c1ccc(C)c(Nc2nc(Cl)ncc2Br)c1.CNC(=O)c1ccc(C)c(Nc2nc(N[C@@H]3CCNC3)ncc2Br)c1. The summed E-state index contributed by atoms with van der Waals surface area (Å²) in [6.07, 6.45) is 4.96. The predicted octanol–water partition coefficient (Wildman–Crippen LogP) is 6.68. The molecule has 0 unspecified atom stereocenters. The Hall–Kier alpha value is -4.62. The van der Waals surface area contributed by atoms with Crippen LogP contribution < -0.4 is 37.6 Å². The maximum atomic E-state index is 11.9. The lowest BCUT2D eigenvalue weighted by molar-refractivity contribution is 0.0292. The summed E-state index contributed by atoms with van der Waals surface area (Å²) in [7, 11) is 3.21. The molecule has 4 heterocycles. The topological polar surface area (TPSA) is 213 Å². The number of nitrogens with two attached hydrogens (primary N) is 1. The van der Waals surface area contributed by atoms with Crippen molar-refractivity contribution in [1.29, 1.82) is 0 Å². The van der Waals surface area contributed by atoms with Crippen molar-refractivity contribution in [3.05, 3.63) is 85.3 Å². The van der Waals surface area contributed by atoms with Crippen LogP contribution in [0.2, 0.25) is 5.28 Å². The summed E-state index contributed by atoms with van der Waals surface area (Å²) in [6.45, 7) is 12.8. The average Bonchev–Trinajstić information content (AvgIpc) is 3.87. The molecule has 312 valence electrons. The van der Waals surface area contributed by atoms with Crippen molar-refractivity contribution >= 4 is 90.3 Å². The molecule has 2 aromatic heterocycles. The number of benzene rings is 2. The second-order valence-electron chi connectivity index (χ2n) is 14.5. The van der Waals surface area contributed by atoms with Gasteiger partial charge in [-0.2, -0.15) is 9.97 Å². The highest BCUT2D eigenvalue weighted by molar-refractivity contribution is 9.11. The van der Waals surface area contributed by atoms with E-state index in [1.54, 1.807) is 49.6 Å². The van der Waals surface area contributed by atoms with E-state index >= 15 is 0 Å². The van der Waals surface area contributed by atoms with E-state index in [0.29, 0.717) is 45.8 Å². The van der Waals surface area contributed by atoms with Crippen molar-refractivity contribution < 1.29 is 19.1 Å². The third-order valence-corrected chi connectivity index (χ3v) is 10.0. The van der Waals surface area contributed by atoms with Gasteiger partial charge >= 0.3 is 6.09 Å². The number of nitrogens with one attached hydrogen (secondary N) is 6. The number of carbonyl (C=O) groups is 3. The number of amides is 3. The van der Waals surface area contributed by atoms with E-state index in [1.807, 2.05) is 52.8 Å². The van der Waals surface area contributed by atoms with Crippen LogP contribution >= 0.6 is 43.5 Å². The zero-order valence-corrected chi connectivity index (χ0v) is 37.5. The molecule has 0 bridgehead atoms. The third kappa shape index (κ3) is 14.0. The molecule has 2 aliphatic rings. The molecule has 0 spiro atoms. The van der Waals surface area contributed by atoms with Gasteiger partial charge in [0.05, 0.1) is 8.95 Å². The van der Waals surface area contributed by atoms with Crippen molar-refractivity contribution in [1.82, 2.24) is 40.8 Å². The predicted molar refractivity (Wildman–Crippen MR) is 235 cm³/mol.